The molecule has 4 rings (SSSR count). The highest BCUT2D eigenvalue weighted by atomic mass is 32.1. The van der Waals surface area contributed by atoms with Crippen molar-refractivity contribution in [2.24, 2.45) is 0 Å². The number of thiol groups is 1. The lowest BCUT2D eigenvalue weighted by Gasteiger charge is -2.18. The standard InChI is InChI=1S/C22H13F5S/c23-18-17(19(24)21(26)22(27)20(18)25)16(28)10-15-13-7-3-1-5-11(13)9-12-6-2-4-8-14(12)15/h1-9,16,28H,10H2. The Morgan fingerprint density at radius 3 is 1.57 bits per heavy atom. The fourth-order valence-corrected chi connectivity index (χ4v) is 3.95. The van der Waals surface area contributed by atoms with E-state index in [2.05, 4.69) is 12.6 Å². The molecule has 0 heterocycles. The first-order chi connectivity index (χ1) is 13.4. The van der Waals surface area contributed by atoms with E-state index in [1.54, 1.807) is 0 Å². The van der Waals surface area contributed by atoms with Crippen LogP contribution < -0.4 is 0 Å². The van der Waals surface area contributed by atoms with Gasteiger partial charge < -0.3 is 0 Å². The van der Waals surface area contributed by atoms with E-state index in [0.29, 0.717) is 0 Å². The molecule has 6 heteroatoms. The number of fused-ring (bicyclic) bond motifs is 2. The molecule has 28 heavy (non-hydrogen) atoms. The van der Waals surface area contributed by atoms with E-state index < -0.39 is 39.9 Å². The van der Waals surface area contributed by atoms with Gasteiger partial charge in [0, 0.05) is 10.8 Å². The van der Waals surface area contributed by atoms with E-state index in [1.807, 2.05) is 54.6 Å². The maximum atomic E-state index is 14.2. The predicted octanol–water partition coefficient (Wildman–Crippen LogP) is 6.90. The Balaban J connectivity index is 1.91. The Morgan fingerprint density at radius 1 is 0.643 bits per heavy atom. The van der Waals surface area contributed by atoms with Gasteiger partial charge in [-0.25, -0.2) is 22.0 Å². The molecule has 0 aliphatic heterocycles. The average molecular weight is 404 g/mol. The molecule has 4 aromatic carbocycles. The molecule has 0 aromatic heterocycles. The third-order valence-electron chi connectivity index (χ3n) is 4.86. The lowest BCUT2D eigenvalue weighted by Crippen LogP contribution is -2.10. The van der Waals surface area contributed by atoms with Crippen LogP contribution >= 0.6 is 12.6 Å². The van der Waals surface area contributed by atoms with Gasteiger partial charge in [0.15, 0.2) is 23.3 Å². The molecule has 0 amide bonds. The normalized spacial score (nSPS) is 12.6. The van der Waals surface area contributed by atoms with Crippen molar-refractivity contribution >= 4 is 34.2 Å². The Labute approximate surface area is 163 Å². The first-order valence-electron chi connectivity index (χ1n) is 8.49. The molecular weight excluding hydrogens is 391 g/mol. The maximum absolute atomic E-state index is 14.2. The van der Waals surface area contributed by atoms with E-state index in [4.69, 9.17) is 0 Å². The largest absolute Gasteiger partial charge is 0.203 e. The molecule has 4 aromatic rings. The van der Waals surface area contributed by atoms with Crippen LogP contribution in [0.1, 0.15) is 16.4 Å². The quantitative estimate of drug-likeness (QED) is 0.124. The van der Waals surface area contributed by atoms with Gasteiger partial charge in [0.1, 0.15) is 0 Å². The van der Waals surface area contributed by atoms with Crippen molar-refractivity contribution in [3.8, 4) is 0 Å². The lowest BCUT2D eigenvalue weighted by atomic mass is 9.92. The molecule has 0 N–H and O–H groups in total. The van der Waals surface area contributed by atoms with Gasteiger partial charge in [-0.05, 0) is 39.6 Å². The zero-order valence-corrected chi connectivity index (χ0v) is 15.2. The highest BCUT2D eigenvalue weighted by Crippen LogP contribution is 2.37. The van der Waals surface area contributed by atoms with Crippen LogP contribution in [0.5, 0.6) is 0 Å². The van der Waals surface area contributed by atoms with Crippen LogP contribution in [0, 0.1) is 29.1 Å². The number of halogens is 5. The Hall–Kier alpha value is -2.60. The Morgan fingerprint density at radius 2 is 1.07 bits per heavy atom. The smallest absolute Gasteiger partial charge is 0.200 e. The summed E-state index contributed by atoms with van der Waals surface area (Å²) in [6, 6.07) is 16.9. The third kappa shape index (κ3) is 2.92. The molecule has 0 radical (unpaired) electrons. The molecule has 0 spiro atoms. The number of hydrogen-bond donors (Lipinski definition) is 1. The van der Waals surface area contributed by atoms with E-state index in [-0.39, 0.29) is 6.42 Å². The molecule has 142 valence electrons. The van der Waals surface area contributed by atoms with Crippen molar-refractivity contribution in [1.82, 2.24) is 0 Å². The zero-order valence-electron chi connectivity index (χ0n) is 14.3. The molecule has 0 saturated carbocycles. The van der Waals surface area contributed by atoms with Gasteiger partial charge in [-0.1, -0.05) is 48.5 Å². The van der Waals surface area contributed by atoms with Crippen molar-refractivity contribution in [2.45, 2.75) is 11.7 Å². The topological polar surface area (TPSA) is 0 Å². The fourth-order valence-electron chi connectivity index (χ4n) is 3.54. The second kappa shape index (κ2) is 7.09. The van der Waals surface area contributed by atoms with Gasteiger partial charge in [0.25, 0.3) is 0 Å². The van der Waals surface area contributed by atoms with Crippen molar-refractivity contribution in [2.75, 3.05) is 0 Å². The molecule has 1 atom stereocenters. The van der Waals surface area contributed by atoms with E-state index >= 15 is 0 Å². The Bertz CT molecular complexity index is 1140. The van der Waals surface area contributed by atoms with Gasteiger partial charge in [0.2, 0.25) is 5.82 Å². The summed E-state index contributed by atoms with van der Waals surface area (Å²) >= 11 is 4.21. The van der Waals surface area contributed by atoms with Crippen molar-refractivity contribution < 1.29 is 22.0 Å². The monoisotopic (exact) mass is 404 g/mol. The van der Waals surface area contributed by atoms with E-state index in [9.17, 15) is 22.0 Å². The van der Waals surface area contributed by atoms with Crippen molar-refractivity contribution in [3.63, 3.8) is 0 Å². The van der Waals surface area contributed by atoms with Crippen molar-refractivity contribution in [1.29, 1.82) is 0 Å². The second-order valence-electron chi connectivity index (χ2n) is 6.50. The number of hydrogen-bond acceptors (Lipinski definition) is 1. The van der Waals surface area contributed by atoms with Crippen LogP contribution in [0.2, 0.25) is 0 Å². The van der Waals surface area contributed by atoms with E-state index in [1.165, 1.54) is 0 Å². The van der Waals surface area contributed by atoms with E-state index in [0.717, 1.165) is 27.1 Å². The lowest BCUT2D eigenvalue weighted by molar-refractivity contribution is 0.369. The summed E-state index contributed by atoms with van der Waals surface area (Å²) in [4.78, 5) is 0. The summed E-state index contributed by atoms with van der Waals surface area (Å²) in [5.41, 5.74) is -0.186. The average Bonchev–Trinajstić information content (AvgIpc) is 2.70. The molecule has 0 aliphatic carbocycles. The molecule has 0 bridgehead atoms. The minimum atomic E-state index is -2.17. The highest BCUT2D eigenvalue weighted by Gasteiger charge is 2.29. The molecular formula is C22H13F5S. The van der Waals surface area contributed by atoms with Crippen LogP contribution in [-0.2, 0) is 6.42 Å². The minimum absolute atomic E-state index is 0.0106. The highest BCUT2D eigenvalue weighted by molar-refractivity contribution is 7.80. The van der Waals surface area contributed by atoms with Gasteiger partial charge in [-0.15, -0.1) is 0 Å². The van der Waals surface area contributed by atoms with Crippen LogP contribution in [0.15, 0.2) is 54.6 Å². The van der Waals surface area contributed by atoms with Gasteiger partial charge >= 0.3 is 0 Å². The number of rotatable bonds is 3. The summed E-state index contributed by atoms with van der Waals surface area (Å²) in [5.74, 6) is -9.79. The molecule has 1 unspecified atom stereocenters. The number of benzene rings is 4. The minimum Gasteiger partial charge on any atom is -0.203 e. The predicted molar refractivity (Wildman–Crippen MR) is 103 cm³/mol. The van der Waals surface area contributed by atoms with Gasteiger partial charge in [-0.2, -0.15) is 12.6 Å². The van der Waals surface area contributed by atoms with Crippen LogP contribution in [0.25, 0.3) is 21.5 Å². The maximum Gasteiger partial charge on any atom is 0.200 e. The van der Waals surface area contributed by atoms with Crippen LogP contribution in [0.3, 0.4) is 0 Å². The SMILES string of the molecule is Fc1c(F)c(F)c(C(S)Cc2c3ccccc3cc3ccccc23)c(F)c1F. The summed E-state index contributed by atoms with van der Waals surface area (Å²) in [6.45, 7) is 0. The third-order valence-corrected chi connectivity index (χ3v) is 5.30. The first kappa shape index (κ1) is 18.7. The van der Waals surface area contributed by atoms with Gasteiger partial charge in [-0.3, -0.25) is 0 Å². The first-order valence-corrected chi connectivity index (χ1v) is 9.00. The summed E-state index contributed by atoms with van der Waals surface area (Å²) in [7, 11) is 0. The molecule has 0 nitrogen and oxygen atoms in total. The summed E-state index contributed by atoms with van der Waals surface area (Å²) in [5, 5.41) is 2.27. The van der Waals surface area contributed by atoms with Crippen molar-refractivity contribution in [3.05, 3.63) is 94.8 Å². The second-order valence-corrected chi connectivity index (χ2v) is 7.12. The zero-order chi connectivity index (χ0) is 20.0. The molecule has 0 saturated heterocycles. The Kier molecular flexibility index (Phi) is 4.75. The summed E-state index contributed by atoms with van der Waals surface area (Å²) < 4.78 is 69.0. The van der Waals surface area contributed by atoms with Crippen LogP contribution in [0.4, 0.5) is 22.0 Å². The summed E-state index contributed by atoms with van der Waals surface area (Å²) in [6.07, 6.45) is -0.0106. The molecule has 0 fully saturated rings. The molecule has 0 aliphatic rings. The van der Waals surface area contributed by atoms with Gasteiger partial charge in [0.05, 0.1) is 0 Å². The van der Waals surface area contributed by atoms with Crippen LogP contribution in [-0.4, -0.2) is 0 Å². The fraction of sp³-hybridized carbons (Fsp3) is 0.0909.